The van der Waals surface area contributed by atoms with Gasteiger partial charge in [-0.1, -0.05) is 6.92 Å². The summed E-state index contributed by atoms with van der Waals surface area (Å²) < 4.78 is 10.2. The molecule has 0 aliphatic heterocycles. The molecular weight excluding hydrogens is 290 g/mol. The highest BCUT2D eigenvalue weighted by atomic mass is 32.1. The predicted molar refractivity (Wildman–Crippen MR) is 81.3 cm³/mol. The third kappa shape index (κ3) is 3.81. The number of aromatic nitrogens is 1. The monoisotopic (exact) mass is 313 g/mol. The summed E-state index contributed by atoms with van der Waals surface area (Å²) in [6.07, 6.45) is 0.544. The number of ether oxygens (including phenoxy) is 2. The van der Waals surface area contributed by atoms with Crippen LogP contribution in [-0.2, 0) is 25.5 Å². The molecule has 0 aliphatic carbocycles. The highest BCUT2D eigenvalue weighted by Gasteiger charge is 2.48. The van der Waals surface area contributed by atoms with Gasteiger partial charge in [0.25, 0.3) is 0 Å². The lowest BCUT2D eigenvalue weighted by molar-refractivity contribution is -0.172. The van der Waals surface area contributed by atoms with Crippen molar-refractivity contribution in [3.8, 4) is 0 Å². The molecule has 21 heavy (non-hydrogen) atoms. The van der Waals surface area contributed by atoms with Crippen LogP contribution in [0.3, 0.4) is 0 Å². The van der Waals surface area contributed by atoms with Crippen molar-refractivity contribution in [3.63, 3.8) is 0 Å². The van der Waals surface area contributed by atoms with Crippen molar-refractivity contribution in [2.24, 2.45) is 5.41 Å². The van der Waals surface area contributed by atoms with Crippen LogP contribution in [0, 0.1) is 19.3 Å². The SMILES string of the molecule is CCOC(=O)C(CC)(Cc1nc(C)c(C)s1)C(=O)OCC. The Bertz CT molecular complexity index is 472. The van der Waals surface area contributed by atoms with Crippen LogP contribution in [0.5, 0.6) is 0 Å². The molecule has 118 valence electrons. The normalized spacial score (nSPS) is 11.3. The van der Waals surface area contributed by atoms with E-state index in [1.165, 1.54) is 11.3 Å². The van der Waals surface area contributed by atoms with E-state index in [-0.39, 0.29) is 19.6 Å². The highest BCUT2D eigenvalue weighted by molar-refractivity contribution is 7.11. The molecule has 0 saturated carbocycles. The Kier molecular flexibility index (Phi) is 6.33. The summed E-state index contributed by atoms with van der Waals surface area (Å²) in [5, 5.41) is 0.757. The molecule has 0 fully saturated rings. The average molecular weight is 313 g/mol. The number of carbonyl (C=O) groups is 2. The largest absolute Gasteiger partial charge is 0.465 e. The van der Waals surface area contributed by atoms with Gasteiger partial charge in [-0.05, 0) is 34.1 Å². The molecule has 0 saturated heterocycles. The zero-order valence-electron chi connectivity index (χ0n) is 13.3. The van der Waals surface area contributed by atoms with Gasteiger partial charge in [-0.25, -0.2) is 4.98 Å². The van der Waals surface area contributed by atoms with E-state index in [4.69, 9.17) is 9.47 Å². The zero-order valence-corrected chi connectivity index (χ0v) is 14.1. The first-order valence-corrected chi connectivity index (χ1v) is 8.00. The fourth-order valence-electron chi connectivity index (χ4n) is 2.05. The molecule has 0 radical (unpaired) electrons. The third-order valence-electron chi connectivity index (χ3n) is 3.46. The number of carbonyl (C=O) groups excluding carboxylic acids is 2. The van der Waals surface area contributed by atoms with Crippen LogP contribution in [0.2, 0.25) is 0 Å². The van der Waals surface area contributed by atoms with Crippen molar-refractivity contribution < 1.29 is 19.1 Å². The molecule has 1 aromatic heterocycles. The molecular formula is C15H23NO4S. The molecule has 0 amide bonds. The van der Waals surface area contributed by atoms with Crippen LogP contribution in [0.1, 0.15) is 42.8 Å². The van der Waals surface area contributed by atoms with Crippen LogP contribution in [0.25, 0.3) is 0 Å². The highest BCUT2D eigenvalue weighted by Crippen LogP contribution is 2.33. The Labute approximate surface area is 129 Å². The first-order chi connectivity index (χ1) is 9.91. The van der Waals surface area contributed by atoms with Crippen LogP contribution >= 0.6 is 11.3 Å². The smallest absolute Gasteiger partial charge is 0.323 e. The summed E-state index contributed by atoms with van der Waals surface area (Å²) in [5.41, 5.74) is -0.379. The van der Waals surface area contributed by atoms with Crippen molar-refractivity contribution in [1.29, 1.82) is 0 Å². The lowest BCUT2D eigenvalue weighted by Crippen LogP contribution is -2.43. The summed E-state index contributed by atoms with van der Waals surface area (Å²) in [5.74, 6) is -1.06. The number of thiazole rings is 1. The lowest BCUT2D eigenvalue weighted by atomic mass is 9.82. The van der Waals surface area contributed by atoms with Gasteiger partial charge in [0, 0.05) is 11.3 Å². The number of hydrogen-bond donors (Lipinski definition) is 0. The first kappa shape index (κ1) is 17.6. The molecule has 0 N–H and O–H groups in total. The summed E-state index contributed by atoms with van der Waals surface area (Å²) >= 11 is 1.50. The number of esters is 2. The van der Waals surface area contributed by atoms with E-state index < -0.39 is 17.4 Å². The molecule has 1 heterocycles. The Morgan fingerprint density at radius 1 is 1.10 bits per heavy atom. The summed E-state index contributed by atoms with van der Waals surface area (Å²) in [6.45, 7) is 9.59. The van der Waals surface area contributed by atoms with Crippen LogP contribution in [0.4, 0.5) is 0 Å². The molecule has 0 atom stereocenters. The zero-order chi connectivity index (χ0) is 16.0. The Morgan fingerprint density at radius 2 is 1.62 bits per heavy atom. The van der Waals surface area contributed by atoms with E-state index >= 15 is 0 Å². The quantitative estimate of drug-likeness (QED) is 0.572. The van der Waals surface area contributed by atoms with E-state index in [9.17, 15) is 9.59 Å². The van der Waals surface area contributed by atoms with Crippen molar-refractivity contribution in [2.45, 2.75) is 47.5 Å². The minimum absolute atomic E-state index is 0.223. The second kappa shape index (κ2) is 7.54. The van der Waals surface area contributed by atoms with Gasteiger partial charge in [-0.15, -0.1) is 11.3 Å². The summed E-state index contributed by atoms with van der Waals surface area (Å²) in [7, 11) is 0. The molecule has 0 spiro atoms. The molecule has 1 rings (SSSR count). The Morgan fingerprint density at radius 3 is 1.95 bits per heavy atom. The number of aryl methyl sites for hydroxylation is 2. The van der Waals surface area contributed by atoms with Gasteiger partial charge in [0.1, 0.15) is 0 Å². The van der Waals surface area contributed by atoms with E-state index in [2.05, 4.69) is 4.98 Å². The van der Waals surface area contributed by atoms with Gasteiger partial charge < -0.3 is 9.47 Å². The molecule has 0 aliphatic rings. The molecule has 0 bridgehead atoms. The molecule has 0 unspecified atom stereocenters. The topological polar surface area (TPSA) is 65.5 Å². The summed E-state index contributed by atoms with van der Waals surface area (Å²) in [6, 6.07) is 0. The maximum absolute atomic E-state index is 12.4. The molecule has 5 nitrogen and oxygen atoms in total. The average Bonchev–Trinajstić information content (AvgIpc) is 2.75. The van der Waals surface area contributed by atoms with Crippen LogP contribution < -0.4 is 0 Å². The maximum atomic E-state index is 12.4. The number of hydrogen-bond acceptors (Lipinski definition) is 6. The van der Waals surface area contributed by atoms with Crippen molar-refractivity contribution in [1.82, 2.24) is 4.98 Å². The Hall–Kier alpha value is -1.43. The van der Waals surface area contributed by atoms with Crippen molar-refractivity contribution in [3.05, 3.63) is 15.6 Å². The van der Waals surface area contributed by atoms with Gasteiger partial charge >= 0.3 is 11.9 Å². The maximum Gasteiger partial charge on any atom is 0.323 e. The second-order valence-corrected chi connectivity index (χ2v) is 6.09. The first-order valence-electron chi connectivity index (χ1n) is 7.18. The third-order valence-corrected chi connectivity index (χ3v) is 4.53. The van der Waals surface area contributed by atoms with Gasteiger partial charge in [0.15, 0.2) is 5.41 Å². The molecule has 0 aromatic carbocycles. The number of rotatable bonds is 7. The van der Waals surface area contributed by atoms with Gasteiger partial charge in [-0.3, -0.25) is 9.59 Å². The van der Waals surface area contributed by atoms with E-state index in [1.807, 2.05) is 13.8 Å². The van der Waals surface area contributed by atoms with E-state index in [1.54, 1.807) is 20.8 Å². The van der Waals surface area contributed by atoms with E-state index in [0.29, 0.717) is 6.42 Å². The lowest BCUT2D eigenvalue weighted by Gasteiger charge is -2.27. The molecule has 1 aromatic rings. The minimum atomic E-state index is -1.30. The fraction of sp³-hybridized carbons (Fsp3) is 0.667. The minimum Gasteiger partial charge on any atom is -0.465 e. The standard InChI is InChI=1S/C15H23NO4S/c1-6-15(13(17)19-7-2,14(18)20-8-3)9-12-16-10(4)11(5)21-12/h6-9H2,1-5H3. The van der Waals surface area contributed by atoms with Crippen LogP contribution in [0.15, 0.2) is 0 Å². The predicted octanol–water partition coefficient (Wildman–Crippen LogP) is 2.83. The summed E-state index contributed by atoms with van der Waals surface area (Å²) in [4.78, 5) is 30.2. The Balaban J connectivity index is 3.15. The fourth-order valence-corrected chi connectivity index (χ4v) is 3.10. The van der Waals surface area contributed by atoms with Gasteiger partial charge in [0.2, 0.25) is 0 Å². The van der Waals surface area contributed by atoms with Crippen molar-refractivity contribution >= 4 is 23.3 Å². The molecule has 6 heteroatoms. The van der Waals surface area contributed by atoms with E-state index in [0.717, 1.165) is 15.6 Å². The second-order valence-electron chi connectivity index (χ2n) is 4.80. The van der Waals surface area contributed by atoms with Crippen LogP contribution in [-0.4, -0.2) is 30.1 Å². The van der Waals surface area contributed by atoms with Crippen molar-refractivity contribution in [2.75, 3.05) is 13.2 Å². The van der Waals surface area contributed by atoms with Gasteiger partial charge in [0.05, 0.1) is 23.9 Å². The van der Waals surface area contributed by atoms with Gasteiger partial charge in [-0.2, -0.15) is 0 Å². The number of nitrogens with zero attached hydrogens (tertiary/aromatic N) is 1.